The topological polar surface area (TPSA) is 52.3 Å². The zero-order chi connectivity index (χ0) is 12.4. The van der Waals surface area contributed by atoms with Crippen LogP contribution >= 0.6 is 0 Å². The lowest BCUT2D eigenvalue weighted by Gasteiger charge is -2.08. The van der Waals surface area contributed by atoms with Crippen molar-refractivity contribution in [3.63, 3.8) is 0 Å². The molecule has 0 aliphatic heterocycles. The molecule has 0 fully saturated rings. The maximum absolute atomic E-state index is 11.0. The number of nitrogens with two attached hydrogens (primary N) is 1. The predicted molar refractivity (Wildman–Crippen MR) is 34.9 cm³/mol. The second kappa shape index (κ2) is 3.45. The first-order valence-corrected chi connectivity index (χ1v) is 2.42. The monoisotopic (exact) mass is 137 g/mol. The van der Waals surface area contributed by atoms with Crippen LogP contribution in [0.15, 0.2) is 0 Å². The molecular formula is C6H13NO2. The maximum atomic E-state index is 11.0. The maximum Gasteiger partial charge on any atom is 0.322 e. The van der Waals surface area contributed by atoms with Crippen LogP contribution in [-0.2, 0) is 9.53 Å². The van der Waals surface area contributed by atoms with E-state index in [2.05, 4.69) is 4.74 Å². The minimum absolute atomic E-state index is 1.05. The molecule has 9 heavy (non-hydrogen) atoms. The van der Waals surface area contributed by atoms with Crippen molar-refractivity contribution in [3.05, 3.63) is 0 Å². The van der Waals surface area contributed by atoms with Crippen LogP contribution in [0.3, 0.4) is 0 Å². The fraction of sp³-hybridized carbons (Fsp3) is 0.833. The molecule has 1 atom stereocenters. The number of rotatable bonds is 2. The lowest BCUT2D eigenvalue weighted by Crippen LogP contribution is -2.30. The Morgan fingerprint density at radius 1 is 1.78 bits per heavy atom. The van der Waals surface area contributed by atoms with Crippen LogP contribution in [0.4, 0.5) is 0 Å². The van der Waals surface area contributed by atoms with E-state index in [1.54, 1.807) is 0 Å². The van der Waals surface area contributed by atoms with Gasteiger partial charge in [-0.15, -0.1) is 0 Å². The molecule has 0 aromatic rings. The van der Waals surface area contributed by atoms with Gasteiger partial charge in [-0.1, -0.05) is 0 Å². The van der Waals surface area contributed by atoms with E-state index in [1.165, 1.54) is 6.92 Å². The predicted octanol–water partition coefficient (Wildman–Crippen LogP) is 0.285. The summed E-state index contributed by atoms with van der Waals surface area (Å²) in [6.07, 6.45) is -2.14. The van der Waals surface area contributed by atoms with E-state index in [0.717, 1.165) is 0 Å². The molecular weight excluding hydrogens is 118 g/mol. The standard InChI is InChI=1S/C6H13NO2/c1-4(2)9-6(8)5(3)7/h4-5H,7H2,1-3H3/t5-/m1/s1/i1D3,2D3. The van der Waals surface area contributed by atoms with Crippen molar-refractivity contribution in [1.29, 1.82) is 0 Å². The zero-order valence-electron chi connectivity index (χ0n) is 11.0. The van der Waals surface area contributed by atoms with Gasteiger partial charge in [0.1, 0.15) is 6.04 Å². The van der Waals surface area contributed by atoms with E-state index < -0.39 is 31.8 Å². The van der Waals surface area contributed by atoms with Gasteiger partial charge >= 0.3 is 5.97 Å². The molecule has 0 saturated carbocycles. The Balaban J connectivity index is 4.77. The second-order valence-electron chi connectivity index (χ2n) is 1.61. The Labute approximate surface area is 63.6 Å². The lowest BCUT2D eigenvalue weighted by atomic mass is 10.4. The Hall–Kier alpha value is -0.570. The van der Waals surface area contributed by atoms with E-state index in [9.17, 15) is 4.79 Å². The number of esters is 1. The summed E-state index contributed by atoms with van der Waals surface area (Å²) in [4.78, 5) is 11.0. The zero-order valence-corrected chi connectivity index (χ0v) is 5.05. The van der Waals surface area contributed by atoms with Crippen molar-refractivity contribution in [2.24, 2.45) is 5.73 Å². The summed E-state index contributed by atoms with van der Waals surface area (Å²) in [6, 6.07) is -1.06. The van der Waals surface area contributed by atoms with Crippen molar-refractivity contribution in [1.82, 2.24) is 0 Å². The Morgan fingerprint density at radius 2 is 2.33 bits per heavy atom. The van der Waals surface area contributed by atoms with Gasteiger partial charge in [0.15, 0.2) is 0 Å². The average Bonchev–Trinajstić information content (AvgIpc) is 1.94. The SMILES string of the molecule is [2H]C([2H])([2H])C(OC(=O)[C@@H](C)N)C([2H])([2H])[2H]. The Kier molecular flexibility index (Phi) is 0.990. The first kappa shape index (κ1) is 2.58. The molecule has 0 heterocycles. The molecule has 0 aliphatic carbocycles. The summed E-state index contributed by atoms with van der Waals surface area (Å²) in [7, 11) is 0. The van der Waals surface area contributed by atoms with Crippen molar-refractivity contribution < 1.29 is 17.8 Å². The van der Waals surface area contributed by atoms with Crippen molar-refractivity contribution in [2.75, 3.05) is 0 Å². The van der Waals surface area contributed by atoms with Crippen LogP contribution < -0.4 is 5.73 Å². The third-order valence-electron chi connectivity index (χ3n) is 0.606. The third-order valence-corrected chi connectivity index (χ3v) is 0.606. The van der Waals surface area contributed by atoms with Gasteiger partial charge in [0.2, 0.25) is 0 Å². The smallest absolute Gasteiger partial charge is 0.322 e. The van der Waals surface area contributed by atoms with Gasteiger partial charge in [-0.25, -0.2) is 0 Å². The molecule has 0 spiro atoms. The van der Waals surface area contributed by atoms with Crippen molar-refractivity contribution in [2.45, 2.75) is 32.8 Å². The van der Waals surface area contributed by atoms with Crippen LogP contribution in [0.2, 0.25) is 0 Å². The third kappa shape index (κ3) is 3.97. The van der Waals surface area contributed by atoms with Gasteiger partial charge in [0.05, 0.1) is 6.10 Å². The van der Waals surface area contributed by atoms with Crippen LogP contribution in [0.1, 0.15) is 28.9 Å². The molecule has 0 bridgehead atoms. The first-order chi connectivity index (χ1) is 6.46. The van der Waals surface area contributed by atoms with Gasteiger partial charge in [0.25, 0.3) is 0 Å². The molecule has 0 aromatic carbocycles. The fourth-order valence-corrected chi connectivity index (χ4v) is 0.223. The number of ether oxygens (including phenoxy) is 1. The summed E-state index contributed by atoms with van der Waals surface area (Å²) in [5.41, 5.74) is 5.13. The van der Waals surface area contributed by atoms with E-state index in [4.69, 9.17) is 14.0 Å². The molecule has 0 amide bonds. The van der Waals surface area contributed by atoms with Gasteiger partial charge in [-0.05, 0) is 20.6 Å². The van der Waals surface area contributed by atoms with Crippen LogP contribution in [0.5, 0.6) is 0 Å². The molecule has 0 aliphatic rings. The van der Waals surface area contributed by atoms with Crippen molar-refractivity contribution in [3.8, 4) is 0 Å². The molecule has 0 rings (SSSR count). The number of hydrogen-bond donors (Lipinski definition) is 1. The average molecular weight is 137 g/mol. The lowest BCUT2D eigenvalue weighted by molar-refractivity contribution is -0.148. The van der Waals surface area contributed by atoms with Gasteiger partial charge in [-0.2, -0.15) is 0 Å². The number of hydrogen-bond acceptors (Lipinski definition) is 3. The highest BCUT2D eigenvalue weighted by molar-refractivity contribution is 5.74. The molecule has 0 unspecified atom stereocenters. The van der Waals surface area contributed by atoms with Gasteiger partial charge in [-0.3, -0.25) is 4.79 Å². The highest BCUT2D eigenvalue weighted by atomic mass is 16.5. The highest BCUT2D eigenvalue weighted by Gasteiger charge is 2.09. The number of carbonyl (C=O) groups excluding carboxylic acids is 1. The first-order valence-electron chi connectivity index (χ1n) is 5.42. The van der Waals surface area contributed by atoms with Crippen LogP contribution in [0.25, 0.3) is 0 Å². The largest absolute Gasteiger partial charge is 0.462 e. The summed E-state index contributed by atoms with van der Waals surface area (Å²) >= 11 is 0. The highest BCUT2D eigenvalue weighted by Crippen LogP contribution is 1.90. The minimum atomic E-state index is -2.89. The second-order valence-corrected chi connectivity index (χ2v) is 1.61. The number of carbonyl (C=O) groups is 1. The molecule has 0 saturated heterocycles. The van der Waals surface area contributed by atoms with E-state index in [-0.39, 0.29) is 0 Å². The Bertz CT molecular complexity index is 219. The minimum Gasteiger partial charge on any atom is -0.462 e. The summed E-state index contributed by atoms with van der Waals surface area (Å²) in [6.45, 7) is -4.51. The van der Waals surface area contributed by atoms with E-state index >= 15 is 0 Å². The molecule has 2 N–H and O–H groups in total. The van der Waals surface area contributed by atoms with Crippen molar-refractivity contribution >= 4 is 5.97 Å². The fourth-order valence-electron chi connectivity index (χ4n) is 0.223. The van der Waals surface area contributed by atoms with Crippen LogP contribution in [0, 0.1) is 0 Å². The molecule has 0 radical (unpaired) electrons. The molecule has 0 aromatic heterocycles. The van der Waals surface area contributed by atoms with Gasteiger partial charge < -0.3 is 10.5 Å². The molecule has 54 valence electrons. The van der Waals surface area contributed by atoms with Crippen LogP contribution in [-0.4, -0.2) is 18.1 Å². The Morgan fingerprint density at radius 3 is 2.67 bits per heavy atom. The molecule has 3 heteroatoms. The van der Waals surface area contributed by atoms with Gasteiger partial charge in [0, 0.05) is 8.22 Å². The molecule has 3 nitrogen and oxygen atoms in total. The quantitative estimate of drug-likeness (QED) is 0.556. The summed E-state index contributed by atoms with van der Waals surface area (Å²) in [5, 5.41) is 0. The van der Waals surface area contributed by atoms with E-state index in [0.29, 0.717) is 0 Å². The van der Waals surface area contributed by atoms with E-state index in [1.807, 2.05) is 0 Å². The summed E-state index contributed by atoms with van der Waals surface area (Å²) in [5.74, 6) is -1.05. The summed E-state index contributed by atoms with van der Waals surface area (Å²) < 4.78 is 46.0. The normalized spacial score (nSPS) is 26.1.